The van der Waals surface area contributed by atoms with Gasteiger partial charge in [0, 0.05) is 55.1 Å². The summed E-state index contributed by atoms with van der Waals surface area (Å²) in [4.78, 5) is 94.0. The monoisotopic (exact) mass is 1990 g/mol. The highest BCUT2D eigenvalue weighted by Crippen LogP contribution is 2.38. The van der Waals surface area contributed by atoms with Gasteiger partial charge in [-0.1, -0.05) is 185 Å². The van der Waals surface area contributed by atoms with Crippen molar-refractivity contribution in [3.05, 3.63) is 58.7 Å². The average Bonchev–Trinajstić information content (AvgIpc) is 1.44. The van der Waals surface area contributed by atoms with E-state index in [-0.39, 0.29) is 151 Å². The number of ketones is 2. The Morgan fingerprint density at radius 2 is 0.754 bits per heavy atom. The molecular formula is C99H191N7O32. The van der Waals surface area contributed by atoms with Crippen LogP contribution < -0.4 is 41.5 Å². The summed E-state index contributed by atoms with van der Waals surface area (Å²) in [5, 5.41) is 211. The molecule has 2 aliphatic carbocycles. The molecule has 0 aliphatic heterocycles. The zero-order valence-electron chi connectivity index (χ0n) is 87.1. The van der Waals surface area contributed by atoms with Gasteiger partial charge in [-0.05, 0) is 88.2 Å². The third kappa shape index (κ3) is 93.8. The Labute approximate surface area is 824 Å². The Morgan fingerprint density at radius 1 is 0.420 bits per heavy atom. The molecule has 2 saturated carbocycles. The minimum absolute atomic E-state index is 0.0370. The second-order valence-electron chi connectivity index (χ2n) is 38.5. The number of carbonyl (C=O) groups excluding carboxylic acids is 7. The van der Waals surface area contributed by atoms with Gasteiger partial charge in [0.25, 0.3) is 0 Å². The molecule has 0 spiro atoms. The summed E-state index contributed by atoms with van der Waals surface area (Å²) in [6, 6.07) is 7.53. The number of rotatable bonds is 59. The maximum absolute atomic E-state index is 11.9. The zero-order valence-corrected chi connectivity index (χ0v) is 87.1. The Bertz CT molecular complexity index is 3150. The van der Waals surface area contributed by atoms with Crippen LogP contribution in [0.5, 0.6) is 11.5 Å². The number of nitrogens with zero attached hydrogens (tertiary/aromatic N) is 6. The minimum atomic E-state index is -1.44. The van der Waals surface area contributed by atoms with Crippen molar-refractivity contribution in [2.75, 3.05) is 242 Å². The van der Waals surface area contributed by atoms with E-state index in [0.717, 1.165) is 83.6 Å². The van der Waals surface area contributed by atoms with Gasteiger partial charge in [0.2, 0.25) is 0 Å². The second-order valence-corrected chi connectivity index (χ2v) is 38.5. The molecule has 6 unspecified atom stereocenters. The first-order valence-corrected chi connectivity index (χ1v) is 49.0. The fraction of sp³-hybridized carbons (Fsp3) is 0.788. The van der Waals surface area contributed by atoms with Crippen LogP contribution in [0.15, 0.2) is 36.4 Å². The van der Waals surface area contributed by atoms with E-state index in [4.69, 9.17) is 76.6 Å². The van der Waals surface area contributed by atoms with Gasteiger partial charge in [-0.3, -0.25) is 9.59 Å². The van der Waals surface area contributed by atoms with Crippen molar-refractivity contribution >= 4 is 53.4 Å². The second kappa shape index (κ2) is 91.1. The van der Waals surface area contributed by atoms with E-state index in [2.05, 4.69) is 26.5 Å². The summed E-state index contributed by atoms with van der Waals surface area (Å²) in [7, 11) is 23.7. The van der Waals surface area contributed by atoms with Crippen molar-refractivity contribution < 1.29 is 193 Å². The Morgan fingerprint density at radius 3 is 1.03 bits per heavy atom. The molecule has 0 bridgehead atoms. The molecule has 2 aromatic carbocycles. The number of aromatic carboxylic acids is 2. The lowest BCUT2D eigenvalue weighted by Gasteiger charge is -2.27. The lowest BCUT2D eigenvalue weighted by molar-refractivity contribution is -0.890. The number of aryl methyl sites for hydroxylation is 1. The first-order chi connectivity index (χ1) is 64.5. The van der Waals surface area contributed by atoms with Gasteiger partial charge < -0.3 is 174 Å². The molecule has 0 amide bonds. The van der Waals surface area contributed by atoms with Gasteiger partial charge in [-0.15, -0.1) is 0 Å². The Hall–Kier alpha value is -7.17. The number of carboxylic acids is 7. The number of carbonyl (C=O) groups is 9. The summed E-state index contributed by atoms with van der Waals surface area (Å²) < 4.78 is 4.12. The highest BCUT2D eigenvalue weighted by molar-refractivity contribution is 6.00. The van der Waals surface area contributed by atoms with Crippen LogP contribution in [0, 0.1) is 17.8 Å². The fourth-order valence-electron chi connectivity index (χ4n) is 13.3. The van der Waals surface area contributed by atoms with Gasteiger partial charge in [-0.2, -0.15) is 0 Å². The standard InChI is InChI=1S/C22H36O3.C15H20O4.C12H22O3.6C6H16NO2.C6H8O3.C5H9NO4.C3H6O3/c1-2-3-4-5-6-7-8-9-10-11-12-13-14-16-19-17-15-18-20(23)21(19)22(24)25;1-2-3-4-5-6-7-13(16)11-8-9-14(17)12(10-11)15(18)19;1-2-3-4-5-10-9(8-12(14)15)6-7-11(10)13;6*1-7(2,3-5-8)4-6-9;7-5-2-1-4(3-5)6(8)9;6-3(5(9)10)1-2-4(7)8;1-2(4)3(5)6/h15,17-18,23H,2-14,16H2,1H3,(H,24,25);8-10,17H,2-7H2,1H3,(H,18,19);9-11,13H,2-8H2,1H3,(H,14,15);6*8-9H,3-6H2,1-2H3;4H,1-3H2,(H,8,9);3H,1-2,6H2,(H,7,8)(H,9,10);2,4H,1H3,(H,5,6)/q;;;6*+1;;;/p-6. The molecule has 39 heteroatoms. The van der Waals surface area contributed by atoms with Gasteiger partial charge in [0.05, 0.1) is 199 Å². The molecule has 0 heterocycles. The van der Waals surface area contributed by atoms with Crippen LogP contribution in [0.3, 0.4) is 0 Å². The van der Waals surface area contributed by atoms with Crippen LogP contribution in [-0.4, -0.2) is 423 Å². The first-order valence-electron chi connectivity index (χ1n) is 49.0. The summed E-state index contributed by atoms with van der Waals surface area (Å²) in [6.07, 6.45) is 28.4. The van der Waals surface area contributed by atoms with Crippen molar-refractivity contribution in [1.82, 2.24) is 0 Å². The smallest absolute Gasteiger partial charge is 0.335 e. The van der Waals surface area contributed by atoms with E-state index in [1.54, 1.807) is 12.1 Å². The highest BCUT2D eigenvalue weighted by atomic mass is 16.4. The molecule has 814 valence electrons. The van der Waals surface area contributed by atoms with Gasteiger partial charge in [0.15, 0.2) is 5.78 Å². The van der Waals surface area contributed by atoms with Crippen LogP contribution in [0.2, 0.25) is 0 Å². The maximum atomic E-state index is 11.9. The predicted octanol–water partition coefficient (Wildman–Crippen LogP) is -2.43. The number of quaternary nitrogens is 7. The van der Waals surface area contributed by atoms with Crippen LogP contribution in [0.4, 0.5) is 0 Å². The number of aliphatic hydroxyl groups is 14. The zero-order chi connectivity index (χ0) is 108. The van der Waals surface area contributed by atoms with Crippen molar-refractivity contribution in [3.8, 4) is 11.5 Å². The highest BCUT2D eigenvalue weighted by Gasteiger charge is 2.34. The number of hydrogen-bond acceptors (Lipinski definition) is 30. The third-order valence-corrected chi connectivity index (χ3v) is 22.8. The Balaban J connectivity index is -0.000000228. The third-order valence-electron chi connectivity index (χ3n) is 22.8. The normalized spacial score (nSPS) is 14.7. The predicted molar refractivity (Wildman–Crippen MR) is 515 cm³/mol. The average molecular weight is 1990 g/mol. The van der Waals surface area contributed by atoms with E-state index >= 15 is 0 Å². The number of benzene rings is 2. The number of Topliss-reactive ketones (excluding diaryl/α,β-unsaturated/α-hetero) is 2. The molecule has 0 radical (unpaired) electrons. The van der Waals surface area contributed by atoms with Gasteiger partial charge in [-0.25, -0.2) is 9.59 Å². The minimum Gasteiger partial charge on any atom is -0.872 e. The van der Waals surface area contributed by atoms with Gasteiger partial charge >= 0.3 is 11.9 Å². The molecule has 2 fully saturated rings. The van der Waals surface area contributed by atoms with Crippen molar-refractivity contribution in [2.45, 2.75) is 251 Å². The van der Waals surface area contributed by atoms with E-state index in [1.807, 2.05) is 84.6 Å². The molecule has 6 atom stereocenters. The summed E-state index contributed by atoms with van der Waals surface area (Å²) >= 11 is 0. The molecule has 2 aliphatic rings. The number of aliphatic carboxylic acids is 5. The van der Waals surface area contributed by atoms with Crippen LogP contribution in [-0.2, 0) is 35.2 Å². The van der Waals surface area contributed by atoms with E-state index < -0.39 is 65.6 Å². The van der Waals surface area contributed by atoms with Crippen molar-refractivity contribution in [1.29, 1.82) is 0 Å². The number of hydrogen-bond donors (Lipinski definition) is 17. The first kappa shape index (κ1) is 146. The largest absolute Gasteiger partial charge is 0.872 e. The molecule has 0 saturated heterocycles. The lowest BCUT2D eigenvalue weighted by Crippen LogP contribution is -2.68. The maximum Gasteiger partial charge on any atom is 0.335 e. The van der Waals surface area contributed by atoms with Crippen LogP contribution in [0.1, 0.15) is 263 Å². The summed E-state index contributed by atoms with van der Waals surface area (Å²) in [5.74, 6) is -9.65. The lowest BCUT2D eigenvalue weighted by atomic mass is 9.87. The number of carboxylic acid groups (broad SMARTS) is 7. The van der Waals surface area contributed by atoms with Crippen molar-refractivity contribution in [2.24, 2.45) is 17.8 Å². The molecule has 0 aromatic heterocycles. The topological polar surface area (TPSA) is 666 Å². The number of likely N-dealkylation sites (N-methyl/N-ethyl adjacent to an activating group) is 6. The van der Waals surface area contributed by atoms with Gasteiger partial charge in [0.1, 0.15) is 90.4 Å². The fourth-order valence-corrected chi connectivity index (χ4v) is 13.3. The molecule has 19 N–H and O–H groups in total. The van der Waals surface area contributed by atoms with E-state index in [9.17, 15) is 84.0 Å². The molecule has 138 heavy (non-hydrogen) atoms. The number of unbranched alkanes of at least 4 members (excludes halogenated alkanes) is 18. The molecule has 4 rings (SSSR count). The molecule has 39 nitrogen and oxygen atoms in total. The molecular weight excluding hydrogens is 1800 g/mol. The number of aliphatic hydroxyl groups excluding tert-OH is 14. The summed E-state index contributed by atoms with van der Waals surface area (Å²) in [5.41, 5.74) is 3.78. The Kier molecular flexibility index (Phi) is 96.4. The van der Waals surface area contributed by atoms with Crippen molar-refractivity contribution in [3.63, 3.8) is 0 Å². The van der Waals surface area contributed by atoms with Crippen LogP contribution >= 0.6 is 0 Å². The summed E-state index contributed by atoms with van der Waals surface area (Å²) in [6.45, 7) is 18.4. The quantitative estimate of drug-likeness (QED) is 0.0186. The SMILES string of the molecule is CC(O)C(=O)[O-].CCCCCC1C(O)CCC1CC(=O)[O-].CCCCCCCC(=O)c1ccc([O-])c(C(=O)O)c1.CCCCCCCCCCCCCCCc1cccc([O-])c1C(=O)O.C[N+](C)(CCO)CCO.C[N+](C)(CCO)CCO.C[N+](C)(CCO)CCO.C[N+](C)(CCO)CCO.C[N+](C)(CCO)CCO.C[N+](C)(CCO)CCO.O=C1CCC(C(=O)[O-])C1.[NH3+]C(CCC(=O)[O-])C(=O)[O-]. The van der Waals surface area contributed by atoms with Crippen LogP contribution in [0.25, 0.3) is 0 Å². The van der Waals surface area contributed by atoms with E-state index in [0.29, 0.717) is 142 Å². The van der Waals surface area contributed by atoms with E-state index in [1.165, 1.54) is 102 Å². The molecule has 2 aromatic rings.